The standard InChI is InChI=1S/C16H13N3O3S2/c1-22-12-7-3-2-6-11(12)14(20)18-19-15(21)13(24-16(19)23)9-10-5-4-8-17-10/h2-9,17H,1H3,(H,18,20)/b13-9+. The summed E-state index contributed by atoms with van der Waals surface area (Å²) in [6, 6.07) is 10.4. The van der Waals surface area contributed by atoms with Gasteiger partial charge in [0, 0.05) is 11.9 Å². The second kappa shape index (κ2) is 6.90. The molecule has 2 aromatic rings. The van der Waals surface area contributed by atoms with Gasteiger partial charge in [0.1, 0.15) is 5.75 Å². The van der Waals surface area contributed by atoms with Crippen molar-refractivity contribution in [2.45, 2.75) is 0 Å². The fourth-order valence-electron chi connectivity index (χ4n) is 2.13. The lowest BCUT2D eigenvalue weighted by atomic mass is 10.2. The molecule has 6 nitrogen and oxygen atoms in total. The molecule has 1 aromatic heterocycles. The molecule has 0 unspecified atom stereocenters. The van der Waals surface area contributed by atoms with Gasteiger partial charge in [-0.2, -0.15) is 5.01 Å². The summed E-state index contributed by atoms with van der Waals surface area (Å²) >= 11 is 6.32. The van der Waals surface area contributed by atoms with Gasteiger partial charge in [0.25, 0.3) is 11.8 Å². The number of benzene rings is 1. The molecular weight excluding hydrogens is 346 g/mol. The Morgan fingerprint density at radius 2 is 2.12 bits per heavy atom. The quantitative estimate of drug-likeness (QED) is 0.648. The number of thioether (sulfide) groups is 1. The Labute approximate surface area is 147 Å². The zero-order chi connectivity index (χ0) is 17.1. The second-order valence-corrected chi connectivity index (χ2v) is 6.46. The predicted octanol–water partition coefficient (Wildman–Crippen LogP) is 2.57. The number of methoxy groups -OCH3 is 1. The molecule has 1 fully saturated rings. The normalized spacial score (nSPS) is 15.9. The third-order valence-electron chi connectivity index (χ3n) is 3.27. The van der Waals surface area contributed by atoms with Crippen LogP contribution in [0.1, 0.15) is 16.1 Å². The number of hydrogen-bond acceptors (Lipinski definition) is 5. The van der Waals surface area contributed by atoms with Crippen LogP contribution in [0.4, 0.5) is 0 Å². The number of para-hydroxylation sites is 1. The van der Waals surface area contributed by atoms with Crippen LogP contribution >= 0.6 is 24.0 Å². The topological polar surface area (TPSA) is 74.4 Å². The number of ether oxygens (including phenoxy) is 1. The minimum Gasteiger partial charge on any atom is -0.496 e. The molecule has 1 aliphatic heterocycles. The monoisotopic (exact) mass is 359 g/mol. The maximum absolute atomic E-state index is 12.5. The summed E-state index contributed by atoms with van der Waals surface area (Å²) in [4.78, 5) is 28.3. The maximum atomic E-state index is 12.5. The molecule has 8 heteroatoms. The van der Waals surface area contributed by atoms with Gasteiger partial charge in [0.2, 0.25) is 0 Å². The number of carbonyl (C=O) groups is 2. The summed E-state index contributed by atoms with van der Waals surface area (Å²) in [7, 11) is 1.48. The van der Waals surface area contributed by atoms with Crippen LogP contribution in [0.15, 0.2) is 47.5 Å². The SMILES string of the molecule is COc1ccccc1C(=O)NN1C(=O)/C(=C\c2ccc[nH]2)SC1=S. The van der Waals surface area contributed by atoms with Gasteiger partial charge in [-0.05, 0) is 42.6 Å². The van der Waals surface area contributed by atoms with Crippen LogP contribution in [0, 0.1) is 0 Å². The van der Waals surface area contributed by atoms with Gasteiger partial charge in [-0.15, -0.1) is 0 Å². The average molecular weight is 359 g/mol. The number of amides is 2. The molecule has 0 spiro atoms. The van der Waals surface area contributed by atoms with Crippen molar-refractivity contribution in [3.05, 3.63) is 58.8 Å². The number of rotatable bonds is 4. The first-order valence-electron chi connectivity index (χ1n) is 6.95. The number of H-pyrrole nitrogens is 1. The average Bonchev–Trinajstić information content (AvgIpc) is 3.19. The number of thiocarbonyl (C=S) groups is 1. The molecule has 0 aliphatic carbocycles. The number of aromatic nitrogens is 1. The van der Waals surface area contributed by atoms with E-state index in [1.165, 1.54) is 7.11 Å². The van der Waals surface area contributed by atoms with Gasteiger partial charge in [0.05, 0.1) is 17.6 Å². The van der Waals surface area contributed by atoms with Crippen LogP contribution in [-0.2, 0) is 4.79 Å². The van der Waals surface area contributed by atoms with E-state index in [-0.39, 0.29) is 10.2 Å². The Morgan fingerprint density at radius 1 is 1.33 bits per heavy atom. The van der Waals surface area contributed by atoms with Crippen molar-refractivity contribution in [3.8, 4) is 5.75 Å². The fraction of sp³-hybridized carbons (Fsp3) is 0.0625. The van der Waals surface area contributed by atoms with E-state index in [4.69, 9.17) is 17.0 Å². The van der Waals surface area contributed by atoms with Gasteiger partial charge < -0.3 is 9.72 Å². The molecule has 0 atom stereocenters. The minimum absolute atomic E-state index is 0.265. The third-order valence-corrected chi connectivity index (χ3v) is 4.57. The summed E-state index contributed by atoms with van der Waals surface area (Å²) in [6.45, 7) is 0. The molecule has 1 aliphatic rings. The molecule has 0 radical (unpaired) electrons. The Balaban J connectivity index is 1.79. The molecule has 2 heterocycles. The Morgan fingerprint density at radius 3 is 2.83 bits per heavy atom. The summed E-state index contributed by atoms with van der Waals surface area (Å²) in [5.41, 5.74) is 3.64. The van der Waals surface area contributed by atoms with E-state index in [1.807, 2.05) is 12.1 Å². The van der Waals surface area contributed by atoms with E-state index < -0.39 is 5.91 Å². The van der Waals surface area contributed by atoms with Gasteiger partial charge in [-0.25, -0.2) is 0 Å². The number of hydrogen-bond donors (Lipinski definition) is 2. The maximum Gasteiger partial charge on any atom is 0.285 e. The van der Waals surface area contributed by atoms with Crippen LogP contribution in [-0.4, -0.2) is 33.2 Å². The Bertz CT molecular complexity index is 831. The molecule has 24 heavy (non-hydrogen) atoms. The van der Waals surface area contributed by atoms with E-state index >= 15 is 0 Å². The molecule has 0 bridgehead atoms. The Hall–Kier alpha value is -2.58. The zero-order valence-corrected chi connectivity index (χ0v) is 14.2. The first-order chi connectivity index (χ1) is 11.6. The first-order valence-corrected chi connectivity index (χ1v) is 8.18. The zero-order valence-electron chi connectivity index (χ0n) is 12.6. The van der Waals surface area contributed by atoms with Crippen molar-refractivity contribution in [3.63, 3.8) is 0 Å². The molecule has 1 saturated heterocycles. The Kier molecular flexibility index (Phi) is 4.68. The number of carbonyl (C=O) groups excluding carboxylic acids is 2. The van der Waals surface area contributed by atoms with Crippen LogP contribution in [0.25, 0.3) is 6.08 Å². The minimum atomic E-state index is -0.468. The number of nitrogens with one attached hydrogen (secondary N) is 2. The van der Waals surface area contributed by atoms with Crippen LogP contribution in [0.2, 0.25) is 0 Å². The molecule has 122 valence electrons. The van der Waals surface area contributed by atoms with Gasteiger partial charge in [-0.3, -0.25) is 15.0 Å². The first kappa shape index (κ1) is 16.3. The number of aromatic amines is 1. The van der Waals surface area contributed by atoms with E-state index in [2.05, 4.69) is 10.4 Å². The highest BCUT2D eigenvalue weighted by Gasteiger charge is 2.34. The summed E-state index contributed by atoms with van der Waals surface area (Å²) in [5, 5.41) is 1.07. The largest absolute Gasteiger partial charge is 0.496 e. The smallest absolute Gasteiger partial charge is 0.285 e. The predicted molar refractivity (Wildman–Crippen MR) is 96.3 cm³/mol. The van der Waals surface area contributed by atoms with Gasteiger partial charge in [0.15, 0.2) is 4.32 Å². The van der Waals surface area contributed by atoms with E-state index in [0.717, 1.165) is 22.5 Å². The lowest BCUT2D eigenvalue weighted by Gasteiger charge is -2.16. The van der Waals surface area contributed by atoms with Crippen molar-refractivity contribution in [1.29, 1.82) is 0 Å². The highest BCUT2D eigenvalue weighted by atomic mass is 32.2. The third kappa shape index (κ3) is 3.19. The summed E-state index contributed by atoms with van der Waals surface area (Å²) < 4.78 is 5.42. The fourth-order valence-corrected chi connectivity index (χ4v) is 3.30. The van der Waals surface area contributed by atoms with E-state index in [9.17, 15) is 9.59 Å². The second-order valence-electron chi connectivity index (χ2n) is 4.78. The summed E-state index contributed by atoms with van der Waals surface area (Å²) in [5.74, 6) is -0.421. The van der Waals surface area contributed by atoms with Gasteiger partial charge in [-0.1, -0.05) is 23.9 Å². The molecular formula is C16H13N3O3S2. The molecule has 2 N–H and O–H groups in total. The van der Waals surface area contributed by atoms with E-state index in [0.29, 0.717) is 16.2 Å². The van der Waals surface area contributed by atoms with Crippen molar-refractivity contribution in [1.82, 2.24) is 15.4 Å². The number of nitrogens with zero attached hydrogens (tertiary/aromatic N) is 1. The van der Waals surface area contributed by atoms with Crippen molar-refractivity contribution < 1.29 is 14.3 Å². The van der Waals surface area contributed by atoms with Crippen molar-refractivity contribution >= 4 is 46.2 Å². The van der Waals surface area contributed by atoms with Crippen LogP contribution in [0.5, 0.6) is 5.75 Å². The van der Waals surface area contributed by atoms with Crippen LogP contribution in [0.3, 0.4) is 0 Å². The lowest BCUT2D eigenvalue weighted by molar-refractivity contribution is -0.123. The highest BCUT2D eigenvalue weighted by molar-refractivity contribution is 8.26. The van der Waals surface area contributed by atoms with Gasteiger partial charge >= 0.3 is 0 Å². The van der Waals surface area contributed by atoms with Crippen molar-refractivity contribution in [2.75, 3.05) is 7.11 Å². The summed E-state index contributed by atoms with van der Waals surface area (Å²) in [6.07, 6.45) is 3.45. The molecule has 1 aromatic carbocycles. The van der Waals surface area contributed by atoms with Crippen LogP contribution < -0.4 is 10.2 Å². The van der Waals surface area contributed by atoms with Crippen molar-refractivity contribution in [2.24, 2.45) is 0 Å². The number of hydrazine groups is 1. The van der Waals surface area contributed by atoms with E-state index in [1.54, 1.807) is 36.5 Å². The molecule has 2 amide bonds. The molecule has 3 rings (SSSR count). The molecule has 0 saturated carbocycles. The lowest BCUT2D eigenvalue weighted by Crippen LogP contribution is -2.44. The highest BCUT2D eigenvalue weighted by Crippen LogP contribution is 2.31.